The van der Waals surface area contributed by atoms with E-state index in [0.29, 0.717) is 18.9 Å². The van der Waals surface area contributed by atoms with Crippen LogP contribution in [0.15, 0.2) is 18.2 Å². The van der Waals surface area contributed by atoms with Crippen molar-refractivity contribution in [2.75, 3.05) is 11.9 Å². The molecule has 1 heterocycles. The molecule has 1 N–H and O–H groups in total. The highest BCUT2D eigenvalue weighted by Crippen LogP contribution is 2.34. The van der Waals surface area contributed by atoms with Crippen LogP contribution in [0, 0.1) is 19.8 Å². The molecular formula is C21H30N2O2. The molecule has 1 saturated carbocycles. The highest BCUT2D eigenvalue weighted by atomic mass is 16.2. The Bertz CT molecular complexity index is 664. The molecule has 2 aliphatic rings. The minimum Gasteiger partial charge on any atom is -0.328 e. The number of carbonyl (C=O) groups is 2. The molecule has 1 unspecified atom stereocenters. The zero-order chi connectivity index (χ0) is 18.0. The van der Waals surface area contributed by atoms with Gasteiger partial charge in [0.25, 0.3) is 0 Å². The average Bonchev–Trinajstić information content (AvgIpc) is 3.08. The Morgan fingerprint density at radius 3 is 2.52 bits per heavy atom. The van der Waals surface area contributed by atoms with Gasteiger partial charge in [-0.1, -0.05) is 31.7 Å². The largest absolute Gasteiger partial charge is 0.328 e. The number of likely N-dealkylation sites (tertiary alicyclic amines) is 1. The van der Waals surface area contributed by atoms with Crippen molar-refractivity contribution in [2.45, 2.75) is 71.3 Å². The minimum absolute atomic E-state index is 0.0729. The highest BCUT2D eigenvalue weighted by molar-refractivity contribution is 6.01. The van der Waals surface area contributed by atoms with Crippen LogP contribution in [0.2, 0.25) is 0 Å². The third-order valence-corrected chi connectivity index (χ3v) is 6.21. The Balaban J connectivity index is 1.58. The van der Waals surface area contributed by atoms with Gasteiger partial charge in [-0.15, -0.1) is 0 Å². The Hall–Kier alpha value is -1.84. The van der Waals surface area contributed by atoms with Crippen molar-refractivity contribution in [1.29, 1.82) is 0 Å². The molecule has 3 rings (SSSR count). The molecule has 1 atom stereocenters. The van der Waals surface area contributed by atoms with Gasteiger partial charge in [0, 0.05) is 18.7 Å². The van der Waals surface area contributed by atoms with Crippen molar-refractivity contribution in [3.05, 3.63) is 29.3 Å². The number of hydrogen-bond acceptors (Lipinski definition) is 2. The Kier molecular flexibility index (Phi) is 5.16. The van der Waals surface area contributed by atoms with E-state index in [1.54, 1.807) is 4.90 Å². The number of amides is 2. The summed E-state index contributed by atoms with van der Waals surface area (Å²) in [7, 11) is 0. The Morgan fingerprint density at radius 2 is 1.92 bits per heavy atom. The lowest BCUT2D eigenvalue weighted by Gasteiger charge is -2.49. The second-order valence-electron chi connectivity index (χ2n) is 8.01. The number of hydrogen-bond donors (Lipinski definition) is 1. The summed E-state index contributed by atoms with van der Waals surface area (Å²) in [5.74, 6) is 0.771. The minimum atomic E-state index is -0.703. The first kappa shape index (κ1) is 18.0. The molecule has 0 spiro atoms. The SMILES string of the molecule is Cc1ccc(NC(=O)C2(C)CCN2C(=O)CCC2CCCC2)cc1C. The number of carbonyl (C=O) groups excluding carboxylic acids is 2. The third-order valence-electron chi connectivity index (χ3n) is 6.21. The van der Waals surface area contributed by atoms with E-state index in [9.17, 15) is 9.59 Å². The topological polar surface area (TPSA) is 49.4 Å². The van der Waals surface area contributed by atoms with Gasteiger partial charge in [0.05, 0.1) is 0 Å². The van der Waals surface area contributed by atoms with E-state index in [0.717, 1.165) is 24.1 Å². The molecule has 136 valence electrons. The van der Waals surface area contributed by atoms with Gasteiger partial charge in [-0.3, -0.25) is 9.59 Å². The first-order chi connectivity index (χ1) is 11.9. The first-order valence-corrected chi connectivity index (χ1v) is 9.59. The summed E-state index contributed by atoms with van der Waals surface area (Å²) in [4.78, 5) is 27.2. The van der Waals surface area contributed by atoms with E-state index in [4.69, 9.17) is 0 Å². The van der Waals surface area contributed by atoms with Gasteiger partial charge in [0.15, 0.2) is 0 Å². The fourth-order valence-corrected chi connectivity index (χ4v) is 4.04. The van der Waals surface area contributed by atoms with Crippen LogP contribution in [0.25, 0.3) is 0 Å². The summed E-state index contributed by atoms with van der Waals surface area (Å²) < 4.78 is 0. The van der Waals surface area contributed by atoms with Crippen LogP contribution < -0.4 is 5.32 Å². The van der Waals surface area contributed by atoms with Crippen LogP contribution >= 0.6 is 0 Å². The van der Waals surface area contributed by atoms with Crippen molar-refractivity contribution in [1.82, 2.24) is 4.90 Å². The van der Waals surface area contributed by atoms with E-state index < -0.39 is 5.54 Å². The Morgan fingerprint density at radius 1 is 1.20 bits per heavy atom. The first-order valence-electron chi connectivity index (χ1n) is 9.59. The van der Waals surface area contributed by atoms with Crippen LogP contribution in [-0.2, 0) is 9.59 Å². The van der Waals surface area contributed by atoms with Crippen molar-refractivity contribution >= 4 is 17.5 Å². The maximum absolute atomic E-state index is 12.8. The van der Waals surface area contributed by atoms with Crippen LogP contribution in [0.1, 0.15) is 63.0 Å². The van der Waals surface area contributed by atoms with Gasteiger partial charge in [-0.25, -0.2) is 0 Å². The summed E-state index contributed by atoms with van der Waals surface area (Å²) in [5, 5.41) is 3.00. The Labute approximate surface area is 151 Å². The fraction of sp³-hybridized carbons (Fsp3) is 0.619. The molecule has 1 aliphatic carbocycles. The summed E-state index contributed by atoms with van der Waals surface area (Å²) in [6, 6.07) is 5.93. The number of aryl methyl sites for hydroxylation is 2. The highest BCUT2D eigenvalue weighted by Gasteiger charge is 2.49. The van der Waals surface area contributed by atoms with E-state index >= 15 is 0 Å². The van der Waals surface area contributed by atoms with Crippen LogP contribution in [0.3, 0.4) is 0 Å². The molecule has 4 nitrogen and oxygen atoms in total. The normalized spacial score (nSPS) is 23.4. The summed E-state index contributed by atoms with van der Waals surface area (Å²) >= 11 is 0. The van der Waals surface area contributed by atoms with Gasteiger partial charge in [0.1, 0.15) is 5.54 Å². The van der Waals surface area contributed by atoms with Gasteiger partial charge < -0.3 is 10.2 Å². The van der Waals surface area contributed by atoms with Crippen LogP contribution in [0.4, 0.5) is 5.69 Å². The van der Waals surface area contributed by atoms with Crippen molar-refractivity contribution in [3.63, 3.8) is 0 Å². The zero-order valence-corrected chi connectivity index (χ0v) is 15.7. The molecule has 1 aromatic rings. The number of benzene rings is 1. The zero-order valence-electron chi connectivity index (χ0n) is 15.7. The molecule has 2 amide bonds. The molecule has 0 bridgehead atoms. The second-order valence-corrected chi connectivity index (χ2v) is 8.01. The maximum atomic E-state index is 12.8. The average molecular weight is 342 g/mol. The monoisotopic (exact) mass is 342 g/mol. The van der Waals surface area contributed by atoms with Crippen molar-refractivity contribution in [2.24, 2.45) is 5.92 Å². The number of nitrogens with zero attached hydrogens (tertiary/aromatic N) is 1. The van der Waals surface area contributed by atoms with Gasteiger partial charge in [0.2, 0.25) is 11.8 Å². The molecule has 2 fully saturated rings. The van der Waals surface area contributed by atoms with E-state index in [2.05, 4.69) is 12.2 Å². The lowest BCUT2D eigenvalue weighted by Crippen LogP contribution is -2.66. The summed E-state index contributed by atoms with van der Waals surface area (Å²) in [5.41, 5.74) is 2.46. The van der Waals surface area contributed by atoms with Crippen molar-refractivity contribution in [3.8, 4) is 0 Å². The second kappa shape index (κ2) is 7.19. The van der Waals surface area contributed by atoms with E-state index in [1.165, 1.54) is 31.2 Å². The molecular weight excluding hydrogens is 312 g/mol. The van der Waals surface area contributed by atoms with E-state index in [1.807, 2.05) is 32.0 Å². The van der Waals surface area contributed by atoms with Crippen LogP contribution in [-0.4, -0.2) is 28.8 Å². The smallest absolute Gasteiger partial charge is 0.250 e. The molecule has 1 saturated heterocycles. The molecule has 25 heavy (non-hydrogen) atoms. The molecule has 0 radical (unpaired) electrons. The third kappa shape index (κ3) is 3.73. The molecule has 4 heteroatoms. The number of anilines is 1. The van der Waals surface area contributed by atoms with Gasteiger partial charge in [-0.05, 0) is 62.8 Å². The molecule has 1 aliphatic heterocycles. The van der Waals surface area contributed by atoms with Crippen molar-refractivity contribution < 1.29 is 9.59 Å². The quantitative estimate of drug-likeness (QED) is 0.871. The molecule has 1 aromatic carbocycles. The lowest BCUT2D eigenvalue weighted by molar-refractivity contribution is -0.155. The predicted molar refractivity (Wildman–Crippen MR) is 100 cm³/mol. The molecule has 0 aromatic heterocycles. The standard InChI is InChI=1S/C21H30N2O2/c1-15-8-10-18(14-16(15)2)22-20(25)21(3)12-13-23(21)19(24)11-9-17-6-4-5-7-17/h8,10,14,17H,4-7,9,11-13H2,1-3H3,(H,22,25). The number of nitrogens with one attached hydrogen (secondary N) is 1. The summed E-state index contributed by atoms with van der Waals surface area (Å²) in [6.07, 6.45) is 7.42. The maximum Gasteiger partial charge on any atom is 0.250 e. The van der Waals surface area contributed by atoms with Gasteiger partial charge >= 0.3 is 0 Å². The summed E-state index contributed by atoms with van der Waals surface area (Å²) in [6.45, 7) is 6.68. The lowest BCUT2D eigenvalue weighted by atomic mass is 9.84. The predicted octanol–water partition coefficient (Wildman–Crippen LogP) is 4.20. The fourth-order valence-electron chi connectivity index (χ4n) is 4.04. The van der Waals surface area contributed by atoms with Gasteiger partial charge in [-0.2, -0.15) is 0 Å². The number of rotatable bonds is 5. The van der Waals surface area contributed by atoms with E-state index in [-0.39, 0.29) is 11.8 Å². The van der Waals surface area contributed by atoms with Crippen LogP contribution in [0.5, 0.6) is 0 Å².